The fraction of sp³-hybridized carbons (Fsp3) is 0.440. The van der Waals surface area contributed by atoms with Crippen molar-refractivity contribution in [3.05, 3.63) is 71.0 Å². The Morgan fingerprint density at radius 3 is 2.47 bits per heavy atom. The van der Waals surface area contributed by atoms with Crippen molar-refractivity contribution < 1.29 is 13.9 Å². The zero-order valence-electron chi connectivity index (χ0n) is 19.1. The SMILES string of the molecule is CCNC(=NCc1ccc(C(=O)N2CC(C)OC(C)C2)cc1)NCCc1cccc(F)c1. The van der Waals surface area contributed by atoms with E-state index in [2.05, 4.69) is 15.6 Å². The number of carbonyl (C=O) groups is 1. The van der Waals surface area contributed by atoms with Gasteiger partial charge in [-0.3, -0.25) is 4.79 Å². The van der Waals surface area contributed by atoms with Crippen molar-refractivity contribution >= 4 is 11.9 Å². The van der Waals surface area contributed by atoms with Gasteiger partial charge in [-0.05, 0) is 62.6 Å². The van der Waals surface area contributed by atoms with Crippen LogP contribution in [0.1, 0.15) is 42.3 Å². The van der Waals surface area contributed by atoms with Gasteiger partial charge in [0.1, 0.15) is 5.82 Å². The van der Waals surface area contributed by atoms with Gasteiger partial charge >= 0.3 is 0 Å². The van der Waals surface area contributed by atoms with Crippen molar-refractivity contribution in [2.75, 3.05) is 26.2 Å². The second kappa shape index (κ2) is 11.6. The molecule has 0 aromatic heterocycles. The van der Waals surface area contributed by atoms with E-state index >= 15 is 0 Å². The number of amides is 1. The molecular weight excluding hydrogens is 407 g/mol. The number of morpholine rings is 1. The third-order valence-electron chi connectivity index (χ3n) is 5.27. The Hall–Kier alpha value is -2.93. The second-order valence-corrected chi connectivity index (χ2v) is 8.17. The van der Waals surface area contributed by atoms with Gasteiger partial charge in [-0.25, -0.2) is 9.38 Å². The molecule has 1 aliphatic heterocycles. The molecule has 2 aromatic rings. The molecule has 0 spiro atoms. The summed E-state index contributed by atoms with van der Waals surface area (Å²) < 4.78 is 19.0. The lowest BCUT2D eigenvalue weighted by Crippen LogP contribution is -2.48. The summed E-state index contributed by atoms with van der Waals surface area (Å²) in [5.74, 6) is 0.525. The van der Waals surface area contributed by atoms with Crippen LogP contribution in [0.15, 0.2) is 53.5 Å². The van der Waals surface area contributed by atoms with Crippen LogP contribution >= 0.6 is 0 Å². The van der Waals surface area contributed by atoms with E-state index in [-0.39, 0.29) is 23.9 Å². The summed E-state index contributed by atoms with van der Waals surface area (Å²) in [5.41, 5.74) is 2.64. The van der Waals surface area contributed by atoms with Gasteiger partial charge in [-0.2, -0.15) is 0 Å². The summed E-state index contributed by atoms with van der Waals surface area (Å²) in [6.45, 7) is 9.11. The topological polar surface area (TPSA) is 66.0 Å². The normalized spacial score (nSPS) is 19.0. The average molecular weight is 441 g/mol. The highest BCUT2D eigenvalue weighted by Gasteiger charge is 2.26. The number of ether oxygens (including phenoxy) is 1. The molecule has 6 nitrogen and oxygen atoms in total. The lowest BCUT2D eigenvalue weighted by molar-refractivity contribution is -0.0586. The van der Waals surface area contributed by atoms with Crippen LogP contribution in [0.25, 0.3) is 0 Å². The summed E-state index contributed by atoms with van der Waals surface area (Å²) >= 11 is 0. The monoisotopic (exact) mass is 440 g/mol. The second-order valence-electron chi connectivity index (χ2n) is 8.17. The molecule has 1 amide bonds. The standard InChI is InChI=1S/C25H33FN4O2/c1-4-27-25(28-13-12-20-6-5-7-23(26)14-20)29-15-21-8-10-22(11-9-21)24(31)30-16-18(2)32-19(3)17-30/h5-11,14,18-19H,4,12-13,15-17H2,1-3H3,(H2,27,28,29). The van der Waals surface area contributed by atoms with Crippen LogP contribution in [0.2, 0.25) is 0 Å². The van der Waals surface area contributed by atoms with Crippen LogP contribution in [0, 0.1) is 5.82 Å². The zero-order valence-corrected chi connectivity index (χ0v) is 19.1. The summed E-state index contributed by atoms with van der Waals surface area (Å²) in [5, 5.41) is 6.51. The van der Waals surface area contributed by atoms with Crippen molar-refractivity contribution in [2.45, 2.75) is 45.9 Å². The van der Waals surface area contributed by atoms with Gasteiger partial charge < -0.3 is 20.3 Å². The van der Waals surface area contributed by atoms with Gasteiger partial charge in [0.2, 0.25) is 0 Å². The van der Waals surface area contributed by atoms with Crippen LogP contribution < -0.4 is 10.6 Å². The molecule has 2 unspecified atom stereocenters. The number of rotatable bonds is 7. The minimum atomic E-state index is -0.220. The maximum absolute atomic E-state index is 13.3. The molecule has 0 saturated carbocycles. The first-order valence-electron chi connectivity index (χ1n) is 11.2. The fourth-order valence-corrected chi connectivity index (χ4v) is 3.81. The first kappa shape index (κ1) is 23.7. The molecular formula is C25H33FN4O2. The number of halogens is 1. The first-order valence-corrected chi connectivity index (χ1v) is 11.2. The largest absolute Gasteiger partial charge is 0.372 e. The number of guanidine groups is 1. The molecule has 1 fully saturated rings. The molecule has 172 valence electrons. The number of benzene rings is 2. The fourth-order valence-electron chi connectivity index (χ4n) is 3.81. The Bertz CT molecular complexity index is 906. The Morgan fingerprint density at radius 2 is 1.81 bits per heavy atom. The zero-order chi connectivity index (χ0) is 22.9. The molecule has 32 heavy (non-hydrogen) atoms. The van der Waals surface area contributed by atoms with Gasteiger partial charge in [-0.1, -0.05) is 24.3 Å². The molecule has 1 heterocycles. The van der Waals surface area contributed by atoms with E-state index in [0.717, 1.165) is 17.7 Å². The van der Waals surface area contributed by atoms with Gasteiger partial charge in [0.05, 0.1) is 18.8 Å². The molecule has 2 N–H and O–H groups in total. The van der Waals surface area contributed by atoms with E-state index in [1.54, 1.807) is 12.1 Å². The van der Waals surface area contributed by atoms with E-state index in [1.165, 1.54) is 6.07 Å². The number of nitrogens with zero attached hydrogens (tertiary/aromatic N) is 2. The van der Waals surface area contributed by atoms with Gasteiger partial charge in [-0.15, -0.1) is 0 Å². The molecule has 1 saturated heterocycles. The lowest BCUT2D eigenvalue weighted by atomic mass is 10.1. The Morgan fingerprint density at radius 1 is 1.09 bits per heavy atom. The summed E-state index contributed by atoms with van der Waals surface area (Å²) in [4.78, 5) is 19.3. The summed E-state index contributed by atoms with van der Waals surface area (Å²) in [7, 11) is 0. The molecule has 0 aliphatic carbocycles. The minimum Gasteiger partial charge on any atom is -0.372 e. The average Bonchev–Trinajstić information content (AvgIpc) is 2.77. The smallest absolute Gasteiger partial charge is 0.254 e. The van der Waals surface area contributed by atoms with Crippen LogP contribution in [-0.4, -0.2) is 55.2 Å². The van der Waals surface area contributed by atoms with Crippen molar-refractivity contribution in [1.29, 1.82) is 0 Å². The molecule has 0 radical (unpaired) electrons. The van der Waals surface area contributed by atoms with Crippen LogP contribution in [0.5, 0.6) is 0 Å². The number of carbonyl (C=O) groups excluding carboxylic acids is 1. The van der Waals surface area contributed by atoms with E-state index < -0.39 is 0 Å². The quantitative estimate of drug-likeness (QED) is 0.512. The number of hydrogen-bond donors (Lipinski definition) is 2. The Kier molecular flexibility index (Phi) is 8.62. The summed E-state index contributed by atoms with van der Waals surface area (Å²) in [6, 6.07) is 14.2. The van der Waals surface area contributed by atoms with Gasteiger partial charge in [0, 0.05) is 31.7 Å². The molecule has 0 bridgehead atoms. The number of aliphatic imine (C=N–C) groups is 1. The van der Waals surface area contributed by atoms with Crippen LogP contribution in [0.3, 0.4) is 0 Å². The van der Waals surface area contributed by atoms with E-state index in [0.29, 0.717) is 44.1 Å². The third-order valence-corrected chi connectivity index (χ3v) is 5.27. The van der Waals surface area contributed by atoms with Crippen molar-refractivity contribution in [3.63, 3.8) is 0 Å². The highest BCUT2D eigenvalue weighted by molar-refractivity contribution is 5.94. The maximum Gasteiger partial charge on any atom is 0.254 e. The van der Waals surface area contributed by atoms with Gasteiger partial charge in [0.15, 0.2) is 5.96 Å². The van der Waals surface area contributed by atoms with Crippen molar-refractivity contribution in [3.8, 4) is 0 Å². The highest BCUT2D eigenvalue weighted by Crippen LogP contribution is 2.15. The highest BCUT2D eigenvalue weighted by atomic mass is 19.1. The molecule has 2 atom stereocenters. The summed E-state index contributed by atoms with van der Waals surface area (Å²) in [6.07, 6.45) is 0.806. The van der Waals surface area contributed by atoms with E-state index in [1.807, 2.05) is 56.0 Å². The predicted molar refractivity (Wildman–Crippen MR) is 125 cm³/mol. The minimum absolute atomic E-state index is 0.0365. The van der Waals surface area contributed by atoms with Crippen molar-refractivity contribution in [2.24, 2.45) is 4.99 Å². The predicted octanol–water partition coefficient (Wildman–Crippen LogP) is 3.37. The van der Waals surface area contributed by atoms with Crippen LogP contribution in [0.4, 0.5) is 4.39 Å². The molecule has 2 aromatic carbocycles. The first-order chi connectivity index (χ1) is 15.4. The number of nitrogens with one attached hydrogen (secondary N) is 2. The maximum atomic E-state index is 13.3. The van der Waals surface area contributed by atoms with Crippen LogP contribution in [-0.2, 0) is 17.7 Å². The lowest BCUT2D eigenvalue weighted by Gasteiger charge is -2.35. The third kappa shape index (κ3) is 7.05. The van der Waals surface area contributed by atoms with Gasteiger partial charge in [0.25, 0.3) is 5.91 Å². The Balaban J connectivity index is 1.54. The molecule has 3 rings (SSSR count). The van der Waals surface area contributed by atoms with E-state index in [4.69, 9.17) is 4.74 Å². The molecule has 7 heteroatoms. The Labute approximate surface area is 189 Å². The van der Waals surface area contributed by atoms with E-state index in [9.17, 15) is 9.18 Å². The molecule has 1 aliphatic rings. The number of hydrogen-bond acceptors (Lipinski definition) is 3. The van der Waals surface area contributed by atoms with Crippen molar-refractivity contribution in [1.82, 2.24) is 15.5 Å².